The summed E-state index contributed by atoms with van der Waals surface area (Å²) in [6.45, 7) is 14.7. The third-order valence-corrected chi connectivity index (χ3v) is 2.28. The van der Waals surface area contributed by atoms with Crippen LogP contribution in [0.1, 0.15) is 39.7 Å². The lowest BCUT2D eigenvalue weighted by Gasteiger charge is -1.92. The van der Waals surface area contributed by atoms with Gasteiger partial charge in [-0.25, -0.2) is 8.78 Å². The molecule has 0 spiro atoms. The summed E-state index contributed by atoms with van der Waals surface area (Å²) in [5.74, 6) is -0.586. The van der Waals surface area contributed by atoms with Gasteiger partial charge in [-0.05, 0) is 36.6 Å². The Bertz CT molecular complexity index is 400. The lowest BCUT2D eigenvalue weighted by atomic mass is 10.2. The van der Waals surface area contributed by atoms with E-state index in [2.05, 4.69) is 13.2 Å². The molecule has 0 saturated carbocycles. The molecule has 20 heavy (non-hydrogen) atoms. The highest BCUT2D eigenvalue weighted by atomic mass is 19.1. The molecule has 2 heteroatoms. The Morgan fingerprint density at radius 1 is 1.05 bits per heavy atom. The van der Waals surface area contributed by atoms with Crippen LogP contribution in [0.4, 0.5) is 8.78 Å². The number of hydrogen-bond donors (Lipinski definition) is 0. The Kier molecular flexibility index (Phi) is 14.1. The number of rotatable bonds is 4. The van der Waals surface area contributed by atoms with E-state index in [1.54, 1.807) is 18.2 Å². The summed E-state index contributed by atoms with van der Waals surface area (Å²) >= 11 is 0. The SMILES string of the molecule is C=C(F)/C=C\C(=C)CC.CC.CCc1ccc(F)cc1. The first-order valence-corrected chi connectivity index (χ1v) is 6.94. The van der Waals surface area contributed by atoms with Gasteiger partial charge >= 0.3 is 0 Å². The Balaban J connectivity index is 0. The predicted molar refractivity (Wildman–Crippen MR) is 85.9 cm³/mol. The molecule has 112 valence electrons. The van der Waals surface area contributed by atoms with Gasteiger partial charge < -0.3 is 0 Å². The van der Waals surface area contributed by atoms with E-state index in [0.717, 1.165) is 18.4 Å². The molecule has 0 bridgehead atoms. The molecule has 0 fully saturated rings. The molecule has 0 aliphatic carbocycles. The van der Waals surface area contributed by atoms with Gasteiger partial charge in [0.15, 0.2) is 0 Å². The van der Waals surface area contributed by atoms with Gasteiger partial charge in [-0.1, -0.05) is 64.6 Å². The van der Waals surface area contributed by atoms with Gasteiger partial charge in [-0.15, -0.1) is 0 Å². The summed E-state index contributed by atoms with van der Waals surface area (Å²) in [6.07, 6.45) is 4.76. The lowest BCUT2D eigenvalue weighted by molar-refractivity contribution is 0.627. The molecule has 0 aliphatic rings. The number of benzene rings is 1. The van der Waals surface area contributed by atoms with E-state index in [0.29, 0.717) is 0 Å². The van der Waals surface area contributed by atoms with Gasteiger partial charge in [0.2, 0.25) is 0 Å². The number of halogens is 2. The normalized spacial score (nSPS) is 9.10. The van der Waals surface area contributed by atoms with Crippen molar-refractivity contribution in [3.63, 3.8) is 0 Å². The molecule has 0 aromatic heterocycles. The summed E-state index contributed by atoms with van der Waals surface area (Å²) < 4.78 is 24.1. The maximum absolute atomic E-state index is 12.2. The zero-order chi connectivity index (χ0) is 16.0. The molecule has 0 saturated heterocycles. The minimum absolute atomic E-state index is 0.160. The minimum atomic E-state index is -0.426. The van der Waals surface area contributed by atoms with Crippen LogP contribution in [0.5, 0.6) is 0 Å². The minimum Gasteiger partial charge on any atom is -0.208 e. The molecule has 0 nitrogen and oxygen atoms in total. The van der Waals surface area contributed by atoms with E-state index >= 15 is 0 Å². The van der Waals surface area contributed by atoms with Crippen LogP contribution >= 0.6 is 0 Å². The van der Waals surface area contributed by atoms with Crippen molar-refractivity contribution in [2.45, 2.75) is 40.5 Å². The number of allylic oxidation sites excluding steroid dienone is 4. The highest BCUT2D eigenvalue weighted by Crippen LogP contribution is 2.02. The number of hydrogen-bond acceptors (Lipinski definition) is 0. The van der Waals surface area contributed by atoms with Crippen LogP contribution in [0.3, 0.4) is 0 Å². The Morgan fingerprint density at radius 3 is 1.90 bits per heavy atom. The van der Waals surface area contributed by atoms with Crippen LogP contribution in [0.25, 0.3) is 0 Å². The van der Waals surface area contributed by atoms with E-state index in [4.69, 9.17) is 0 Å². The van der Waals surface area contributed by atoms with E-state index in [1.807, 2.05) is 27.7 Å². The second-order valence-corrected chi connectivity index (χ2v) is 3.77. The molecular weight excluding hydrogens is 254 g/mol. The monoisotopic (exact) mass is 280 g/mol. The molecular formula is C18H26F2. The molecule has 1 aromatic carbocycles. The fourth-order valence-electron chi connectivity index (χ4n) is 1.05. The van der Waals surface area contributed by atoms with Crippen molar-refractivity contribution in [1.82, 2.24) is 0 Å². The van der Waals surface area contributed by atoms with Crippen LogP contribution < -0.4 is 0 Å². The highest BCUT2D eigenvalue weighted by molar-refractivity contribution is 5.20. The largest absolute Gasteiger partial charge is 0.208 e. The van der Waals surface area contributed by atoms with E-state index in [9.17, 15) is 8.78 Å². The van der Waals surface area contributed by atoms with Gasteiger partial charge in [-0.2, -0.15) is 0 Å². The Hall–Kier alpha value is -1.70. The summed E-state index contributed by atoms with van der Waals surface area (Å²) in [5.41, 5.74) is 2.09. The van der Waals surface area contributed by atoms with E-state index in [-0.39, 0.29) is 5.82 Å². The fraction of sp³-hybridized carbons (Fsp3) is 0.333. The smallest absolute Gasteiger partial charge is 0.123 e. The van der Waals surface area contributed by atoms with Crippen molar-refractivity contribution in [3.8, 4) is 0 Å². The van der Waals surface area contributed by atoms with Crippen molar-refractivity contribution in [2.75, 3.05) is 0 Å². The average Bonchev–Trinajstić information content (AvgIpc) is 2.48. The van der Waals surface area contributed by atoms with Gasteiger partial charge in [0.05, 0.1) is 0 Å². The van der Waals surface area contributed by atoms with Crippen LogP contribution in [0, 0.1) is 5.82 Å². The first-order valence-electron chi connectivity index (χ1n) is 6.94. The van der Waals surface area contributed by atoms with Gasteiger partial charge in [-0.3, -0.25) is 0 Å². The third-order valence-electron chi connectivity index (χ3n) is 2.28. The average molecular weight is 280 g/mol. The van der Waals surface area contributed by atoms with Crippen molar-refractivity contribution in [3.05, 3.63) is 72.4 Å². The quantitative estimate of drug-likeness (QED) is 0.559. The molecule has 0 heterocycles. The van der Waals surface area contributed by atoms with Crippen molar-refractivity contribution in [2.24, 2.45) is 0 Å². The van der Waals surface area contributed by atoms with Gasteiger partial charge in [0.1, 0.15) is 11.6 Å². The fourth-order valence-corrected chi connectivity index (χ4v) is 1.05. The standard InChI is InChI=1S/C8H9F.C8H11F.C2H6/c1-2-7-3-5-8(9)6-4-7;1-4-7(2)5-6-8(3)9;1-2/h3-6H,2H2,1H3;5-6H,2-4H2,1H3;1-2H3/b;6-5-;. The molecule has 0 N–H and O–H groups in total. The predicted octanol–water partition coefficient (Wildman–Crippen LogP) is 6.41. The highest BCUT2D eigenvalue weighted by Gasteiger charge is 1.87. The molecule has 0 radical (unpaired) electrons. The molecule has 0 atom stereocenters. The van der Waals surface area contributed by atoms with Crippen LogP contribution in [-0.4, -0.2) is 0 Å². The van der Waals surface area contributed by atoms with Gasteiger partial charge in [0, 0.05) is 0 Å². The molecule has 0 unspecified atom stereocenters. The summed E-state index contributed by atoms with van der Waals surface area (Å²) in [4.78, 5) is 0. The summed E-state index contributed by atoms with van der Waals surface area (Å²) in [5, 5.41) is 0. The van der Waals surface area contributed by atoms with Crippen LogP contribution in [0.2, 0.25) is 0 Å². The molecule has 1 rings (SSSR count). The van der Waals surface area contributed by atoms with E-state index < -0.39 is 5.83 Å². The maximum atomic E-state index is 12.2. The molecule has 1 aromatic rings. The first kappa shape index (κ1) is 20.6. The summed E-state index contributed by atoms with van der Waals surface area (Å²) in [6, 6.07) is 6.57. The lowest BCUT2D eigenvalue weighted by Crippen LogP contribution is -1.78. The second kappa shape index (κ2) is 13.7. The molecule has 0 amide bonds. The number of aryl methyl sites for hydroxylation is 1. The van der Waals surface area contributed by atoms with Crippen molar-refractivity contribution >= 4 is 0 Å². The zero-order valence-corrected chi connectivity index (χ0v) is 13.0. The molecule has 0 aliphatic heterocycles. The zero-order valence-electron chi connectivity index (χ0n) is 13.0. The van der Waals surface area contributed by atoms with Gasteiger partial charge in [0.25, 0.3) is 0 Å². The van der Waals surface area contributed by atoms with Crippen LogP contribution in [-0.2, 0) is 6.42 Å². The topological polar surface area (TPSA) is 0 Å². The van der Waals surface area contributed by atoms with Crippen LogP contribution in [0.15, 0.2) is 61.0 Å². The third kappa shape index (κ3) is 12.7. The maximum Gasteiger partial charge on any atom is 0.123 e. The Morgan fingerprint density at radius 2 is 1.55 bits per heavy atom. The summed E-state index contributed by atoms with van der Waals surface area (Å²) in [7, 11) is 0. The van der Waals surface area contributed by atoms with Crippen molar-refractivity contribution in [1.29, 1.82) is 0 Å². The Labute approximate surface area is 122 Å². The van der Waals surface area contributed by atoms with Crippen molar-refractivity contribution < 1.29 is 8.78 Å². The first-order chi connectivity index (χ1) is 9.49. The van der Waals surface area contributed by atoms with E-state index in [1.165, 1.54) is 23.8 Å². The second-order valence-electron chi connectivity index (χ2n) is 3.77.